The number of aryl methyl sites for hydroxylation is 1. The fraction of sp³-hybridized carbons (Fsp3) is 0.129. The van der Waals surface area contributed by atoms with Gasteiger partial charge in [-0.25, -0.2) is 14.5 Å². The maximum Gasteiger partial charge on any atom is 0.267 e. The predicted molar refractivity (Wildman–Crippen MR) is 158 cm³/mol. The highest BCUT2D eigenvalue weighted by molar-refractivity contribution is 6.01. The summed E-state index contributed by atoms with van der Waals surface area (Å²) in [5.74, 6) is 5.50. The van der Waals surface area contributed by atoms with E-state index in [1.54, 1.807) is 73.4 Å². The third-order valence-corrected chi connectivity index (χ3v) is 6.76. The number of para-hydroxylation sites is 1. The zero-order valence-corrected chi connectivity index (χ0v) is 23.2. The highest BCUT2D eigenvalue weighted by Crippen LogP contribution is 2.21. The second kappa shape index (κ2) is 11.1. The number of nitrogens with zero attached hydrogens (tertiary/aromatic N) is 7. The third kappa shape index (κ3) is 5.22. The van der Waals surface area contributed by atoms with E-state index in [1.165, 1.54) is 15.4 Å². The Bertz CT molecular complexity index is 2150. The smallest absolute Gasteiger partial charge is 0.267 e. The molecule has 0 saturated carbocycles. The van der Waals surface area contributed by atoms with Crippen molar-refractivity contribution < 1.29 is 9.59 Å². The van der Waals surface area contributed by atoms with Gasteiger partial charge in [-0.3, -0.25) is 23.6 Å². The maximum atomic E-state index is 14.2. The van der Waals surface area contributed by atoms with Crippen LogP contribution in [-0.4, -0.2) is 45.7 Å². The summed E-state index contributed by atoms with van der Waals surface area (Å²) in [7, 11) is 0. The Morgan fingerprint density at radius 1 is 1.07 bits per heavy atom. The number of aromatic nitrogens is 7. The molecule has 0 radical (unpaired) electrons. The standard InChI is InChI=1S/C31H25N9O3/c1-19-26(29-33-14-7-15-39(29)37-19)30(42)35-20(2)28-36-24-11-6-8-22(13-12-21-16-34-38(17-21)18-25(32)41)27(24)31(43)40(28)23-9-4-3-5-10-23/h3-11,14-17,20H,18H2,1-2H3,(H2,32,41)(H,35,42). The molecular formula is C31H25N9O3. The molecule has 4 aromatic heterocycles. The second-order valence-electron chi connectivity index (χ2n) is 9.83. The molecule has 0 aliphatic heterocycles. The van der Waals surface area contributed by atoms with E-state index in [1.807, 2.05) is 18.2 Å². The highest BCUT2D eigenvalue weighted by Gasteiger charge is 2.24. The van der Waals surface area contributed by atoms with E-state index in [0.717, 1.165) is 0 Å². The molecule has 0 aliphatic rings. The second-order valence-corrected chi connectivity index (χ2v) is 9.83. The van der Waals surface area contributed by atoms with Crippen LogP contribution < -0.4 is 16.6 Å². The Morgan fingerprint density at radius 2 is 1.88 bits per heavy atom. The summed E-state index contributed by atoms with van der Waals surface area (Å²) in [6.45, 7) is 3.45. The van der Waals surface area contributed by atoms with Crippen LogP contribution in [0, 0.1) is 18.8 Å². The Kier molecular flexibility index (Phi) is 6.97. The van der Waals surface area contributed by atoms with Gasteiger partial charge < -0.3 is 11.1 Å². The predicted octanol–water partition coefficient (Wildman–Crippen LogP) is 2.31. The van der Waals surface area contributed by atoms with Crippen LogP contribution in [0.25, 0.3) is 22.2 Å². The Labute approximate surface area is 244 Å². The van der Waals surface area contributed by atoms with Crippen molar-refractivity contribution in [3.8, 4) is 17.5 Å². The van der Waals surface area contributed by atoms with Crippen LogP contribution in [0.15, 0.2) is 84.2 Å². The summed E-state index contributed by atoms with van der Waals surface area (Å²) in [5, 5.41) is 11.8. The van der Waals surface area contributed by atoms with Crippen molar-refractivity contribution in [3.05, 3.63) is 118 Å². The van der Waals surface area contributed by atoms with Crippen molar-refractivity contribution in [1.82, 2.24) is 39.2 Å². The number of primary amides is 1. The van der Waals surface area contributed by atoms with E-state index in [4.69, 9.17) is 10.7 Å². The van der Waals surface area contributed by atoms with Gasteiger partial charge in [-0.2, -0.15) is 10.2 Å². The van der Waals surface area contributed by atoms with Crippen molar-refractivity contribution in [2.24, 2.45) is 5.73 Å². The molecule has 212 valence electrons. The molecule has 43 heavy (non-hydrogen) atoms. The molecule has 1 unspecified atom stereocenters. The number of hydrogen-bond acceptors (Lipinski definition) is 7. The summed E-state index contributed by atoms with van der Waals surface area (Å²) < 4.78 is 4.44. The normalized spacial score (nSPS) is 11.7. The lowest BCUT2D eigenvalue weighted by molar-refractivity contribution is -0.118. The molecule has 1 atom stereocenters. The van der Waals surface area contributed by atoms with Gasteiger partial charge in [-0.1, -0.05) is 36.1 Å². The van der Waals surface area contributed by atoms with Crippen LogP contribution in [-0.2, 0) is 11.3 Å². The average molecular weight is 572 g/mol. The minimum atomic E-state index is -0.672. The summed E-state index contributed by atoms with van der Waals surface area (Å²) in [4.78, 5) is 48.1. The maximum absolute atomic E-state index is 14.2. The molecule has 6 rings (SSSR count). The Hall–Kier alpha value is -6.09. The molecule has 12 heteroatoms. The monoisotopic (exact) mass is 571 g/mol. The van der Waals surface area contributed by atoms with Crippen molar-refractivity contribution >= 4 is 28.4 Å². The van der Waals surface area contributed by atoms with Gasteiger partial charge in [-0.15, -0.1) is 0 Å². The molecule has 2 aromatic carbocycles. The van der Waals surface area contributed by atoms with Crippen LogP contribution in [0.5, 0.6) is 0 Å². The van der Waals surface area contributed by atoms with Crippen molar-refractivity contribution in [2.45, 2.75) is 26.4 Å². The van der Waals surface area contributed by atoms with Gasteiger partial charge in [0.2, 0.25) is 5.91 Å². The zero-order valence-electron chi connectivity index (χ0n) is 23.2. The lowest BCUT2D eigenvalue weighted by atomic mass is 10.1. The number of benzene rings is 2. The van der Waals surface area contributed by atoms with Crippen LogP contribution in [0.4, 0.5) is 0 Å². The lowest BCUT2D eigenvalue weighted by Crippen LogP contribution is -2.33. The summed E-state index contributed by atoms with van der Waals surface area (Å²) >= 11 is 0. The fourth-order valence-electron chi connectivity index (χ4n) is 4.88. The number of hydrogen-bond donors (Lipinski definition) is 2. The van der Waals surface area contributed by atoms with E-state index in [9.17, 15) is 14.4 Å². The molecule has 0 spiro atoms. The zero-order chi connectivity index (χ0) is 30.1. The molecule has 2 amide bonds. The van der Waals surface area contributed by atoms with E-state index >= 15 is 0 Å². The van der Waals surface area contributed by atoms with Crippen LogP contribution in [0.1, 0.15) is 46.0 Å². The number of rotatable bonds is 6. The topological polar surface area (TPSA) is 155 Å². The largest absolute Gasteiger partial charge is 0.368 e. The number of fused-ring (bicyclic) bond motifs is 2. The number of amides is 2. The average Bonchev–Trinajstić information content (AvgIpc) is 3.58. The van der Waals surface area contributed by atoms with Gasteiger partial charge in [-0.05, 0) is 44.2 Å². The van der Waals surface area contributed by atoms with Crippen molar-refractivity contribution in [1.29, 1.82) is 0 Å². The van der Waals surface area contributed by atoms with Gasteiger partial charge in [0.05, 0.1) is 40.1 Å². The first kappa shape index (κ1) is 27.1. The summed E-state index contributed by atoms with van der Waals surface area (Å²) in [6.07, 6.45) is 6.45. The first-order valence-corrected chi connectivity index (χ1v) is 13.3. The van der Waals surface area contributed by atoms with Crippen LogP contribution >= 0.6 is 0 Å². The summed E-state index contributed by atoms with van der Waals surface area (Å²) in [5.41, 5.74) is 8.25. The van der Waals surface area contributed by atoms with Gasteiger partial charge in [0.25, 0.3) is 11.5 Å². The Morgan fingerprint density at radius 3 is 2.67 bits per heavy atom. The van der Waals surface area contributed by atoms with Gasteiger partial charge >= 0.3 is 0 Å². The minimum Gasteiger partial charge on any atom is -0.368 e. The first-order valence-electron chi connectivity index (χ1n) is 13.3. The van der Waals surface area contributed by atoms with Crippen molar-refractivity contribution in [3.63, 3.8) is 0 Å². The molecule has 0 saturated heterocycles. The van der Waals surface area contributed by atoms with Crippen LogP contribution in [0.2, 0.25) is 0 Å². The number of nitrogens with one attached hydrogen (secondary N) is 1. The molecule has 3 N–H and O–H groups in total. The van der Waals surface area contributed by atoms with E-state index in [-0.39, 0.29) is 18.0 Å². The molecule has 4 heterocycles. The SMILES string of the molecule is Cc1nn2cccnc2c1C(=O)NC(C)c1nc2cccc(C#Cc3cnn(CC(N)=O)c3)c2c(=O)n1-c1ccccc1. The Balaban J connectivity index is 1.44. The quantitative estimate of drug-likeness (QED) is 0.291. The third-order valence-electron chi connectivity index (χ3n) is 6.76. The van der Waals surface area contributed by atoms with E-state index in [0.29, 0.717) is 50.4 Å². The van der Waals surface area contributed by atoms with Gasteiger partial charge in [0.15, 0.2) is 5.65 Å². The molecule has 0 aliphatic carbocycles. The lowest BCUT2D eigenvalue weighted by Gasteiger charge is -2.20. The number of nitrogens with two attached hydrogens (primary N) is 1. The first-order chi connectivity index (χ1) is 20.8. The fourth-order valence-corrected chi connectivity index (χ4v) is 4.88. The molecule has 0 fully saturated rings. The molecule has 6 aromatic rings. The highest BCUT2D eigenvalue weighted by atomic mass is 16.2. The van der Waals surface area contributed by atoms with E-state index < -0.39 is 11.9 Å². The van der Waals surface area contributed by atoms with Crippen LogP contribution in [0.3, 0.4) is 0 Å². The van der Waals surface area contributed by atoms with Gasteiger partial charge in [0.1, 0.15) is 17.9 Å². The van der Waals surface area contributed by atoms with Crippen molar-refractivity contribution in [2.75, 3.05) is 0 Å². The molecule has 0 bridgehead atoms. The number of carbonyl (C=O) groups excluding carboxylic acids is 2. The molecular weight excluding hydrogens is 546 g/mol. The summed E-state index contributed by atoms with van der Waals surface area (Å²) in [6, 6.07) is 15.4. The van der Waals surface area contributed by atoms with Gasteiger partial charge in [0, 0.05) is 24.2 Å². The minimum absolute atomic E-state index is 0.0629. The molecule has 12 nitrogen and oxygen atoms in total. The number of carbonyl (C=O) groups is 2. The van der Waals surface area contributed by atoms with E-state index in [2.05, 4.69) is 32.3 Å².